The summed E-state index contributed by atoms with van der Waals surface area (Å²) in [5.41, 5.74) is 2.08. The molecule has 0 unspecified atom stereocenters. The van der Waals surface area contributed by atoms with E-state index in [-0.39, 0.29) is 12.5 Å². The zero-order valence-electron chi connectivity index (χ0n) is 15.9. The second kappa shape index (κ2) is 8.04. The van der Waals surface area contributed by atoms with Gasteiger partial charge < -0.3 is 5.32 Å². The van der Waals surface area contributed by atoms with Crippen LogP contribution in [-0.4, -0.2) is 41.4 Å². The summed E-state index contributed by atoms with van der Waals surface area (Å²) >= 11 is 12.0. The first-order valence-corrected chi connectivity index (χ1v) is 9.93. The van der Waals surface area contributed by atoms with Gasteiger partial charge in [0.15, 0.2) is 12.1 Å². The Labute approximate surface area is 182 Å². The number of hydrogen-bond acceptors (Lipinski definition) is 6. The van der Waals surface area contributed by atoms with Crippen molar-refractivity contribution in [3.05, 3.63) is 63.6 Å². The fourth-order valence-corrected chi connectivity index (χ4v) is 3.64. The molecule has 2 atom stereocenters. The average molecular weight is 446 g/mol. The average Bonchev–Trinajstić information content (AvgIpc) is 3.23. The molecule has 0 spiro atoms. The van der Waals surface area contributed by atoms with Gasteiger partial charge in [0.25, 0.3) is 11.8 Å². The Morgan fingerprint density at radius 3 is 2.53 bits per heavy atom. The highest BCUT2D eigenvalue weighted by molar-refractivity contribution is 6.32. The van der Waals surface area contributed by atoms with Crippen molar-refractivity contribution >= 4 is 46.6 Å². The molecule has 0 radical (unpaired) electrons. The zero-order valence-corrected chi connectivity index (χ0v) is 17.4. The van der Waals surface area contributed by atoms with E-state index in [2.05, 4.69) is 15.7 Å². The lowest BCUT2D eigenvalue weighted by molar-refractivity contribution is -0.125. The molecule has 0 saturated carbocycles. The van der Waals surface area contributed by atoms with Gasteiger partial charge in [-0.15, -0.1) is 0 Å². The van der Waals surface area contributed by atoms with Gasteiger partial charge in [0.2, 0.25) is 5.91 Å². The fraction of sp³-hybridized carbons (Fsp3) is 0.250. The molecule has 1 fully saturated rings. The van der Waals surface area contributed by atoms with Gasteiger partial charge in [-0.1, -0.05) is 46.6 Å². The highest BCUT2D eigenvalue weighted by atomic mass is 35.5. The molecule has 1 N–H and O–H groups in total. The van der Waals surface area contributed by atoms with Gasteiger partial charge >= 0.3 is 0 Å². The molecule has 0 bridgehead atoms. The minimum Gasteiger partial charge on any atom is -0.350 e. The number of nitrogens with one attached hydrogen (secondary N) is 1. The topological polar surface area (TPSA) is 94.4 Å². The lowest BCUT2D eigenvalue weighted by Gasteiger charge is -2.20. The van der Waals surface area contributed by atoms with Crippen LogP contribution in [0, 0.1) is 6.92 Å². The standard InChI is InChI=1S/C20H17Cl2N5O3/c1-11-2-7-14(8-15(11)22)27-19(29)17-18(20(27)30)26(25-24-17)10-16(28)23-9-12-3-5-13(21)6-4-12/h2-8,17-18H,9-10H2,1H3,(H,23,28)/t17-,18-/m1/s1. The molecule has 1 saturated heterocycles. The minimum atomic E-state index is -0.971. The maximum Gasteiger partial charge on any atom is 0.263 e. The number of carbonyl (C=O) groups is 3. The van der Waals surface area contributed by atoms with Crippen LogP contribution in [-0.2, 0) is 20.9 Å². The minimum absolute atomic E-state index is 0.195. The van der Waals surface area contributed by atoms with Crippen LogP contribution < -0.4 is 10.2 Å². The molecule has 3 amide bonds. The van der Waals surface area contributed by atoms with Crippen LogP contribution in [0.5, 0.6) is 0 Å². The van der Waals surface area contributed by atoms with Crippen molar-refractivity contribution in [2.75, 3.05) is 11.4 Å². The molecule has 0 aliphatic carbocycles. The van der Waals surface area contributed by atoms with Crippen molar-refractivity contribution in [2.24, 2.45) is 10.3 Å². The second-order valence-electron chi connectivity index (χ2n) is 7.04. The molecule has 30 heavy (non-hydrogen) atoms. The molecule has 154 valence electrons. The monoisotopic (exact) mass is 445 g/mol. The number of hydrogen-bond donors (Lipinski definition) is 1. The van der Waals surface area contributed by atoms with Crippen LogP contribution in [0.3, 0.4) is 0 Å². The van der Waals surface area contributed by atoms with Crippen LogP contribution in [0.2, 0.25) is 10.0 Å². The maximum absolute atomic E-state index is 13.0. The zero-order chi connectivity index (χ0) is 21.4. The van der Waals surface area contributed by atoms with Gasteiger partial charge in [0.1, 0.15) is 6.54 Å². The second-order valence-corrected chi connectivity index (χ2v) is 7.88. The molecular formula is C20H17Cl2N5O3. The molecular weight excluding hydrogens is 429 g/mol. The molecule has 2 aliphatic heterocycles. The molecule has 2 aliphatic rings. The quantitative estimate of drug-likeness (QED) is 0.715. The number of fused-ring (bicyclic) bond motifs is 1. The number of nitrogens with zero attached hydrogens (tertiary/aromatic N) is 4. The van der Waals surface area contributed by atoms with Crippen molar-refractivity contribution in [3.8, 4) is 0 Å². The first-order chi connectivity index (χ1) is 14.3. The van der Waals surface area contributed by atoms with E-state index in [0.29, 0.717) is 22.3 Å². The van der Waals surface area contributed by atoms with E-state index in [1.807, 2.05) is 6.92 Å². The van der Waals surface area contributed by atoms with Crippen molar-refractivity contribution < 1.29 is 14.4 Å². The van der Waals surface area contributed by atoms with E-state index in [1.54, 1.807) is 42.5 Å². The molecule has 0 aromatic heterocycles. The normalized spacial score (nSPS) is 20.1. The molecule has 10 heteroatoms. The third kappa shape index (κ3) is 3.76. The molecule has 2 aromatic rings. The Morgan fingerprint density at radius 2 is 1.83 bits per heavy atom. The van der Waals surface area contributed by atoms with Crippen molar-refractivity contribution in [3.63, 3.8) is 0 Å². The summed E-state index contributed by atoms with van der Waals surface area (Å²) in [4.78, 5) is 39.1. The first-order valence-electron chi connectivity index (χ1n) is 9.17. The number of rotatable bonds is 5. The molecule has 2 aromatic carbocycles. The van der Waals surface area contributed by atoms with Crippen molar-refractivity contribution in [1.29, 1.82) is 0 Å². The van der Waals surface area contributed by atoms with E-state index >= 15 is 0 Å². The van der Waals surface area contributed by atoms with Crippen LogP contribution >= 0.6 is 23.2 Å². The molecule has 4 rings (SSSR count). The largest absolute Gasteiger partial charge is 0.350 e. The van der Waals surface area contributed by atoms with Gasteiger partial charge in [-0.3, -0.25) is 19.4 Å². The summed E-state index contributed by atoms with van der Waals surface area (Å²) in [6.45, 7) is 1.93. The summed E-state index contributed by atoms with van der Waals surface area (Å²) in [5.74, 6) is -1.32. The maximum atomic E-state index is 13.0. The predicted molar refractivity (Wildman–Crippen MR) is 111 cm³/mol. The van der Waals surface area contributed by atoms with Crippen LogP contribution in [0.1, 0.15) is 11.1 Å². The Morgan fingerprint density at radius 1 is 1.10 bits per heavy atom. The van der Waals surface area contributed by atoms with Gasteiger partial charge in [0, 0.05) is 16.6 Å². The molecule has 2 heterocycles. The Hall–Kier alpha value is -2.97. The van der Waals surface area contributed by atoms with Crippen molar-refractivity contribution in [1.82, 2.24) is 10.3 Å². The lowest BCUT2D eigenvalue weighted by atomic mass is 10.1. The highest BCUT2D eigenvalue weighted by Gasteiger charge is 2.55. The summed E-state index contributed by atoms with van der Waals surface area (Å²) in [6.07, 6.45) is 0. The van der Waals surface area contributed by atoms with Crippen molar-refractivity contribution in [2.45, 2.75) is 25.6 Å². The van der Waals surface area contributed by atoms with Crippen LogP contribution in [0.25, 0.3) is 0 Å². The van der Waals surface area contributed by atoms with E-state index in [1.165, 1.54) is 5.01 Å². The van der Waals surface area contributed by atoms with Gasteiger partial charge in [0.05, 0.1) is 5.69 Å². The Kier molecular flexibility index (Phi) is 5.44. The number of amides is 3. The van der Waals surface area contributed by atoms with Crippen LogP contribution in [0.15, 0.2) is 52.8 Å². The Balaban J connectivity index is 1.43. The van der Waals surface area contributed by atoms with Crippen LogP contribution in [0.4, 0.5) is 5.69 Å². The number of carbonyl (C=O) groups excluding carboxylic acids is 3. The van der Waals surface area contributed by atoms with E-state index in [9.17, 15) is 14.4 Å². The third-order valence-corrected chi connectivity index (χ3v) is 5.64. The smallest absolute Gasteiger partial charge is 0.263 e. The van der Waals surface area contributed by atoms with E-state index in [4.69, 9.17) is 23.2 Å². The number of benzene rings is 2. The number of imide groups is 1. The number of halogens is 2. The summed E-state index contributed by atoms with van der Waals surface area (Å²) in [5, 5.41) is 12.9. The number of anilines is 1. The van der Waals surface area contributed by atoms with E-state index < -0.39 is 23.9 Å². The summed E-state index contributed by atoms with van der Waals surface area (Å²) < 4.78 is 0. The first kappa shape index (κ1) is 20.3. The SMILES string of the molecule is Cc1ccc(N2C(=O)[C@@H]3N=NN(CC(=O)NCc4ccc(Cl)cc4)[C@H]3C2=O)cc1Cl. The highest BCUT2D eigenvalue weighted by Crippen LogP contribution is 2.33. The fourth-order valence-electron chi connectivity index (χ4n) is 3.34. The lowest BCUT2D eigenvalue weighted by Crippen LogP contribution is -2.44. The summed E-state index contributed by atoms with van der Waals surface area (Å²) in [7, 11) is 0. The van der Waals surface area contributed by atoms with Gasteiger partial charge in [-0.2, -0.15) is 5.11 Å². The van der Waals surface area contributed by atoms with Gasteiger partial charge in [-0.25, -0.2) is 4.90 Å². The predicted octanol–water partition coefficient (Wildman–Crippen LogP) is 2.91. The van der Waals surface area contributed by atoms with Gasteiger partial charge in [-0.05, 0) is 42.3 Å². The third-order valence-electron chi connectivity index (χ3n) is 4.98. The molecule has 8 nitrogen and oxygen atoms in total. The summed E-state index contributed by atoms with van der Waals surface area (Å²) in [6, 6.07) is 10.1. The van der Waals surface area contributed by atoms with E-state index in [0.717, 1.165) is 16.0 Å². The Bertz CT molecular complexity index is 1060. The number of aryl methyl sites for hydroxylation is 1.